The molecule has 30 heavy (non-hydrogen) atoms. The number of carbonyl (C=O) groups is 2. The highest BCUT2D eigenvalue weighted by atomic mass is 19.1. The first kappa shape index (κ1) is 20.7. The van der Waals surface area contributed by atoms with Crippen LogP contribution in [0.4, 0.5) is 10.1 Å². The number of rotatable bonds is 5. The summed E-state index contributed by atoms with van der Waals surface area (Å²) in [6, 6.07) is 12.0. The average Bonchev–Trinajstić information content (AvgIpc) is 2.94. The van der Waals surface area contributed by atoms with E-state index >= 15 is 0 Å². The minimum absolute atomic E-state index is 0.0120. The third kappa shape index (κ3) is 3.67. The number of anilines is 1. The van der Waals surface area contributed by atoms with Crippen LogP contribution in [0.2, 0.25) is 0 Å². The van der Waals surface area contributed by atoms with Gasteiger partial charge in [-0.2, -0.15) is 0 Å². The molecule has 158 valence electrons. The van der Waals surface area contributed by atoms with Gasteiger partial charge >= 0.3 is 0 Å². The fraction of sp³-hybridized carbons (Fsp3) is 0.440. The van der Waals surface area contributed by atoms with Gasteiger partial charge in [0.1, 0.15) is 5.82 Å². The van der Waals surface area contributed by atoms with Crippen LogP contribution in [0.3, 0.4) is 0 Å². The Kier molecular flexibility index (Phi) is 5.49. The van der Waals surface area contributed by atoms with Crippen LogP contribution in [0.1, 0.15) is 48.2 Å². The maximum atomic E-state index is 13.1. The van der Waals surface area contributed by atoms with Crippen molar-refractivity contribution in [3.05, 3.63) is 65.0 Å². The molecular formula is C25H29FN2O2. The van der Waals surface area contributed by atoms with Crippen molar-refractivity contribution in [3.63, 3.8) is 0 Å². The zero-order chi connectivity index (χ0) is 21.5. The van der Waals surface area contributed by atoms with Crippen LogP contribution in [-0.4, -0.2) is 42.8 Å². The van der Waals surface area contributed by atoms with Crippen molar-refractivity contribution in [2.24, 2.45) is 5.92 Å². The van der Waals surface area contributed by atoms with E-state index in [0.717, 1.165) is 49.3 Å². The third-order valence-corrected chi connectivity index (χ3v) is 6.69. The van der Waals surface area contributed by atoms with E-state index in [1.54, 1.807) is 12.1 Å². The van der Waals surface area contributed by atoms with Crippen LogP contribution in [0.25, 0.3) is 0 Å². The van der Waals surface area contributed by atoms with Crippen LogP contribution in [0.5, 0.6) is 0 Å². The maximum Gasteiger partial charge on any atom is 0.237 e. The predicted molar refractivity (Wildman–Crippen MR) is 116 cm³/mol. The SMILES string of the molecule is Cc1cccc2c1N(CCN1CCC(C(=O)c3ccc(F)cc3)CC1)C(=O)C2(C)C. The Hall–Kier alpha value is -2.53. The molecule has 1 saturated heterocycles. The van der Waals surface area contributed by atoms with Crippen molar-refractivity contribution < 1.29 is 14.0 Å². The van der Waals surface area contributed by atoms with Gasteiger partial charge in [-0.15, -0.1) is 0 Å². The van der Waals surface area contributed by atoms with E-state index in [1.165, 1.54) is 12.1 Å². The second-order valence-electron chi connectivity index (χ2n) is 9.04. The van der Waals surface area contributed by atoms with Crippen molar-refractivity contribution in [2.45, 2.75) is 39.0 Å². The lowest BCUT2D eigenvalue weighted by atomic mass is 9.85. The molecule has 5 heteroatoms. The standard InChI is InChI=1S/C25H29FN2O2/c1-17-5-4-6-21-22(17)28(24(30)25(21,2)3)16-15-27-13-11-19(12-14-27)23(29)18-7-9-20(26)10-8-18/h4-10,19H,11-16H2,1-3H3. The van der Waals surface area contributed by atoms with Crippen molar-refractivity contribution in [1.82, 2.24) is 4.90 Å². The first-order valence-electron chi connectivity index (χ1n) is 10.7. The van der Waals surface area contributed by atoms with E-state index in [-0.39, 0.29) is 23.4 Å². The maximum absolute atomic E-state index is 13.1. The molecule has 2 aliphatic rings. The number of fused-ring (bicyclic) bond motifs is 1. The number of Topliss-reactive ketones (excluding diaryl/α,β-unsaturated/α-hetero) is 1. The lowest BCUT2D eigenvalue weighted by Crippen LogP contribution is -2.44. The number of benzene rings is 2. The van der Waals surface area contributed by atoms with E-state index in [9.17, 15) is 14.0 Å². The molecule has 0 saturated carbocycles. The van der Waals surface area contributed by atoms with Crippen molar-refractivity contribution in [2.75, 3.05) is 31.1 Å². The number of carbonyl (C=O) groups excluding carboxylic acids is 2. The summed E-state index contributed by atoms with van der Waals surface area (Å²) in [5.74, 6) is -0.0660. The fourth-order valence-electron chi connectivity index (χ4n) is 4.80. The number of hydrogen-bond donors (Lipinski definition) is 0. The third-order valence-electron chi connectivity index (χ3n) is 6.69. The monoisotopic (exact) mass is 408 g/mol. The molecule has 2 heterocycles. The normalized spacial score (nSPS) is 19.2. The molecule has 4 rings (SSSR count). The summed E-state index contributed by atoms with van der Waals surface area (Å²) >= 11 is 0. The van der Waals surface area contributed by atoms with Gasteiger partial charge in [0.15, 0.2) is 5.78 Å². The Morgan fingerprint density at radius 1 is 1.07 bits per heavy atom. The molecule has 4 nitrogen and oxygen atoms in total. The quantitative estimate of drug-likeness (QED) is 0.691. The highest BCUT2D eigenvalue weighted by molar-refractivity contribution is 6.08. The topological polar surface area (TPSA) is 40.6 Å². The molecule has 1 amide bonds. The summed E-state index contributed by atoms with van der Waals surface area (Å²) < 4.78 is 13.1. The zero-order valence-corrected chi connectivity index (χ0v) is 18.0. The van der Waals surface area contributed by atoms with Crippen LogP contribution in [-0.2, 0) is 10.2 Å². The molecule has 2 aliphatic heterocycles. The Morgan fingerprint density at radius 2 is 1.73 bits per heavy atom. The highest BCUT2D eigenvalue weighted by Crippen LogP contribution is 2.43. The van der Waals surface area contributed by atoms with Crippen LogP contribution >= 0.6 is 0 Å². The number of para-hydroxylation sites is 1. The van der Waals surface area contributed by atoms with Gasteiger partial charge in [-0.25, -0.2) is 4.39 Å². The molecule has 0 bridgehead atoms. The summed E-state index contributed by atoms with van der Waals surface area (Å²) in [6.07, 6.45) is 1.59. The van der Waals surface area contributed by atoms with E-state index in [2.05, 4.69) is 24.0 Å². The molecule has 0 aliphatic carbocycles. The molecule has 0 N–H and O–H groups in total. The number of piperidine rings is 1. The van der Waals surface area contributed by atoms with Gasteiger partial charge in [0, 0.05) is 24.6 Å². The van der Waals surface area contributed by atoms with Gasteiger partial charge in [-0.3, -0.25) is 9.59 Å². The van der Waals surface area contributed by atoms with E-state index in [0.29, 0.717) is 12.1 Å². The smallest absolute Gasteiger partial charge is 0.237 e. The van der Waals surface area contributed by atoms with Crippen molar-refractivity contribution in [1.29, 1.82) is 0 Å². The average molecular weight is 409 g/mol. The Balaban J connectivity index is 1.36. The Labute approximate surface area is 177 Å². The largest absolute Gasteiger partial charge is 0.310 e. The summed E-state index contributed by atoms with van der Waals surface area (Å²) in [4.78, 5) is 30.0. The Bertz CT molecular complexity index is 960. The molecule has 2 aromatic rings. The zero-order valence-electron chi connectivity index (χ0n) is 18.0. The molecule has 1 fully saturated rings. The summed E-state index contributed by atoms with van der Waals surface area (Å²) in [5.41, 5.74) is 3.41. The second-order valence-corrected chi connectivity index (χ2v) is 9.04. The first-order valence-corrected chi connectivity index (χ1v) is 10.7. The van der Waals surface area contributed by atoms with Crippen molar-refractivity contribution in [3.8, 4) is 0 Å². The lowest BCUT2D eigenvalue weighted by Gasteiger charge is -2.33. The molecule has 0 radical (unpaired) electrons. The number of halogens is 1. The molecule has 0 atom stereocenters. The van der Waals surface area contributed by atoms with Gasteiger partial charge in [0.2, 0.25) is 5.91 Å². The first-order chi connectivity index (χ1) is 14.3. The molecule has 0 aromatic heterocycles. The highest BCUT2D eigenvalue weighted by Gasteiger charge is 2.44. The van der Waals surface area contributed by atoms with Gasteiger partial charge in [-0.05, 0) is 82.1 Å². The van der Waals surface area contributed by atoms with Crippen LogP contribution in [0.15, 0.2) is 42.5 Å². The number of ketones is 1. The summed E-state index contributed by atoms with van der Waals surface area (Å²) in [7, 11) is 0. The van der Waals surface area contributed by atoms with Gasteiger partial charge < -0.3 is 9.80 Å². The number of likely N-dealkylation sites (tertiary alicyclic amines) is 1. The Morgan fingerprint density at radius 3 is 2.40 bits per heavy atom. The lowest BCUT2D eigenvalue weighted by molar-refractivity contribution is -0.122. The summed E-state index contributed by atoms with van der Waals surface area (Å²) in [6.45, 7) is 9.20. The molecular weight excluding hydrogens is 379 g/mol. The number of amides is 1. The molecule has 2 aromatic carbocycles. The van der Waals surface area contributed by atoms with E-state index < -0.39 is 5.41 Å². The number of nitrogens with zero attached hydrogens (tertiary/aromatic N) is 2. The van der Waals surface area contributed by atoms with Gasteiger partial charge in [0.05, 0.1) is 11.1 Å². The fourth-order valence-corrected chi connectivity index (χ4v) is 4.80. The van der Waals surface area contributed by atoms with Gasteiger partial charge in [0.25, 0.3) is 0 Å². The number of aryl methyl sites for hydroxylation is 1. The summed E-state index contributed by atoms with van der Waals surface area (Å²) in [5, 5.41) is 0. The van der Waals surface area contributed by atoms with Gasteiger partial charge in [-0.1, -0.05) is 18.2 Å². The van der Waals surface area contributed by atoms with Crippen LogP contribution in [0, 0.1) is 18.7 Å². The van der Waals surface area contributed by atoms with E-state index in [1.807, 2.05) is 24.8 Å². The number of hydrogen-bond acceptors (Lipinski definition) is 3. The second kappa shape index (κ2) is 7.95. The predicted octanol–water partition coefficient (Wildman–Crippen LogP) is 4.35. The minimum atomic E-state index is -0.490. The van der Waals surface area contributed by atoms with E-state index in [4.69, 9.17) is 0 Å². The van der Waals surface area contributed by atoms with Crippen LogP contribution < -0.4 is 4.90 Å². The minimum Gasteiger partial charge on any atom is -0.310 e. The molecule has 0 unspecified atom stereocenters. The van der Waals surface area contributed by atoms with Crippen molar-refractivity contribution >= 4 is 17.4 Å². The molecule has 0 spiro atoms.